The maximum absolute atomic E-state index is 11.5. The number of amides is 1. The van der Waals surface area contributed by atoms with E-state index in [1.165, 1.54) is 19.1 Å². The normalized spacial score (nSPS) is 9.95. The van der Waals surface area contributed by atoms with Crippen LogP contribution < -0.4 is 5.32 Å². The number of hydrogen-bond donors (Lipinski definition) is 1. The van der Waals surface area contributed by atoms with Crippen LogP contribution in [0.25, 0.3) is 0 Å². The fraction of sp³-hybridized carbons (Fsp3) is 0.385. The molecule has 1 aromatic carbocycles. The number of anilines is 1. The lowest BCUT2D eigenvalue weighted by Crippen LogP contribution is -2.14. The van der Waals surface area contributed by atoms with Crippen molar-refractivity contribution in [3.8, 4) is 0 Å². The first-order chi connectivity index (χ1) is 9.42. The van der Waals surface area contributed by atoms with Crippen LogP contribution in [0.3, 0.4) is 0 Å². The third-order valence-electron chi connectivity index (χ3n) is 2.77. The number of carbonyl (C=O) groups excluding carboxylic acids is 2. The third-order valence-corrected chi connectivity index (χ3v) is 2.77. The number of methoxy groups -OCH3 is 1. The summed E-state index contributed by atoms with van der Waals surface area (Å²) < 4.78 is 4.51. The highest BCUT2D eigenvalue weighted by atomic mass is 16.6. The minimum Gasteiger partial charge on any atom is -0.465 e. The standard InChI is InChI=1S/C13H16N2O5/c1-4-5-11(16)14-10-7-6-9(13(17)20-3)12(8(10)2)15(18)19/h6-7H,4-5H2,1-3H3,(H,14,16). The van der Waals surface area contributed by atoms with Gasteiger partial charge in [0.05, 0.1) is 23.3 Å². The second kappa shape index (κ2) is 6.65. The summed E-state index contributed by atoms with van der Waals surface area (Å²) in [5.41, 5.74) is 0.0554. The first kappa shape index (κ1) is 15.6. The van der Waals surface area contributed by atoms with Crippen molar-refractivity contribution >= 4 is 23.3 Å². The average molecular weight is 280 g/mol. The molecule has 0 saturated heterocycles. The Labute approximate surface area is 116 Å². The zero-order chi connectivity index (χ0) is 15.3. The Hall–Kier alpha value is -2.44. The molecule has 0 unspecified atom stereocenters. The molecule has 0 radical (unpaired) electrons. The van der Waals surface area contributed by atoms with Crippen molar-refractivity contribution in [1.82, 2.24) is 0 Å². The van der Waals surface area contributed by atoms with Crippen molar-refractivity contribution in [2.45, 2.75) is 26.7 Å². The van der Waals surface area contributed by atoms with Crippen molar-refractivity contribution < 1.29 is 19.2 Å². The van der Waals surface area contributed by atoms with Gasteiger partial charge < -0.3 is 10.1 Å². The summed E-state index contributed by atoms with van der Waals surface area (Å²) in [6.45, 7) is 3.33. The highest BCUT2D eigenvalue weighted by Gasteiger charge is 2.25. The van der Waals surface area contributed by atoms with Gasteiger partial charge in [0.1, 0.15) is 5.56 Å². The number of rotatable bonds is 5. The molecule has 0 saturated carbocycles. The molecular weight excluding hydrogens is 264 g/mol. The highest BCUT2D eigenvalue weighted by Crippen LogP contribution is 2.30. The van der Waals surface area contributed by atoms with E-state index in [2.05, 4.69) is 10.1 Å². The molecule has 7 heteroatoms. The van der Waals surface area contributed by atoms with Crippen molar-refractivity contribution in [3.63, 3.8) is 0 Å². The summed E-state index contributed by atoms with van der Waals surface area (Å²) in [5.74, 6) is -1.01. The van der Waals surface area contributed by atoms with Crippen LogP contribution in [0, 0.1) is 17.0 Å². The number of nitro benzene ring substituents is 1. The van der Waals surface area contributed by atoms with Crippen LogP contribution in [0.15, 0.2) is 12.1 Å². The Morgan fingerprint density at radius 3 is 2.55 bits per heavy atom. The number of nitrogens with one attached hydrogen (secondary N) is 1. The summed E-state index contributed by atoms with van der Waals surface area (Å²) in [6.07, 6.45) is 0.999. The summed E-state index contributed by atoms with van der Waals surface area (Å²) in [5, 5.41) is 13.7. The molecule has 108 valence electrons. The van der Waals surface area contributed by atoms with E-state index in [0.29, 0.717) is 18.5 Å². The molecule has 0 heterocycles. The van der Waals surface area contributed by atoms with Crippen LogP contribution in [0.5, 0.6) is 0 Å². The van der Waals surface area contributed by atoms with Crippen molar-refractivity contribution in [2.75, 3.05) is 12.4 Å². The van der Waals surface area contributed by atoms with E-state index in [9.17, 15) is 19.7 Å². The summed E-state index contributed by atoms with van der Waals surface area (Å²) in [7, 11) is 1.15. The quantitative estimate of drug-likeness (QED) is 0.507. The molecule has 1 N–H and O–H groups in total. The van der Waals surface area contributed by atoms with E-state index in [-0.39, 0.29) is 22.7 Å². The van der Waals surface area contributed by atoms with E-state index < -0.39 is 10.9 Å². The molecule has 1 aromatic rings. The predicted octanol–water partition coefficient (Wildman–Crippen LogP) is 2.43. The molecule has 0 bridgehead atoms. The lowest BCUT2D eigenvalue weighted by Gasteiger charge is -2.10. The topological polar surface area (TPSA) is 98.5 Å². The molecule has 7 nitrogen and oxygen atoms in total. The van der Waals surface area contributed by atoms with E-state index >= 15 is 0 Å². The number of benzene rings is 1. The molecule has 0 aliphatic rings. The first-order valence-electron chi connectivity index (χ1n) is 6.08. The zero-order valence-electron chi connectivity index (χ0n) is 11.6. The maximum atomic E-state index is 11.5. The molecular formula is C13H16N2O5. The van der Waals surface area contributed by atoms with Crippen molar-refractivity contribution in [3.05, 3.63) is 33.4 Å². The van der Waals surface area contributed by atoms with Crippen LogP contribution in [-0.4, -0.2) is 23.9 Å². The molecule has 0 fully saturated rings. The summed E-state index contributed by atoms with van der Waals surface area (Å²) in [4.78, 5) is 33.5. The van der Waals surface area contributed by atoms with Gasteiger partial charge in [-0.05, 0) is 25.5 Å². The second-order valence-corrected chi connectivity index (χ2v) is 4.18. The monoisotopic (exact) mass is 280 g/mol. The molecule has 0 aromatic heterocycles. The van der Waals surface area contributed by atoms with Gasteiger partial charge in [0.15, 0.2) is 0 Å². The first-order valence-corrected chi connectivity index (χ1v) is 6.08. The lowest BCUT2D eigenvalue weighted by atomic mass is 10.1. The van der Waals surface area contributed by atoms with Crippen LogP contribution in [0.4, 0.5) is 11.4 Å². The summed E-state index contributed by atoms with van der Waals surface area (Å²) in [6, 6.07) is 2.74. The number of ether oxygens (including phenoxy) is 1. The molecule has 20 heavy (non-hydrogen) atoms. The molecule has 1 amide bonds. The van der Waals surface area contributed by atoms with Gasteiger partial charge in [0.2, 0.25) is 5.91 Å². The number of carbonyl (C=O) groups is 2. The van der Waals surface area contributed by atoms with Gasteiger partial charge >= 0.3 is 5.97 Å². The minimum atomic E-state index is -0.786. The molecule has 0 atom stereocenters. The predicted molar refractivity (Wildman–Crippen MR) is 72.7 cm³/mol. The lowest BCUT2D eigenvalue weighted by molar-refractivity contribution is -0.385. The zero-order valence-corrected chi connectivity index (χ0v) is 11.6. The molecule has 0 aliphatic heterocycles. The van der Waals surface area contributed by atoms with Gasteiger partial charge in [-0.15, -0.1) is 0 Å². The number of nitro groups is 1. The average Bonchev–Trinajstić information content (AvgIpc) is 2.39. The molecule has 0 aliphatic carbocycles. The van der Waals surface area contributed by atoms with E-state index in [0.717, 1.165) is 7.11 Å². The number of nitrogens with zero attached hydrogens (tertiary/aromatic N) is 1. The maximum Gasteiger partial charge on any atom is 0.344 e. The Morgan fingerprint density at radius 2 is 2.05 bits per heavy atom. The number of esters is 1. The Kier molecular flexibility index (Phi) is 5.19. The third kappa shape index (κ3) is 3.31. The van der Waals surface area contributed by atoms with E-state index in [1.807, 2.05) is 6.92 Å². The SMILES string of the molecule is CCCC(=O)Nc1ccc(C(=O)OC)c([N+](=O)[O-])c1C. The minimum absolute atomic E-state index is 0.136. The van der Waals surface area contributed by atoms with Gasteiger partial charge in [-0.25, -0.2) is 4.79 Å². The van der Waals surface area contributed by atoms with Crippen LogP contribution >= 0.6 is 0 Å². The van der Waals surface area contributed by atoms with Crippen molar-refractivity contribution in [2.24, 2.45) is 0 Å². The Morgan fingerprint density at radius 1 is 1.40 bits per heavy atom. The van der Waals surface area contributed by atoms with E-state index in [1.54, 1.807) is 0 Å². The van der Waals surface area contributed by atoms with Gasteiger partial charge in [0, 0.05) is 6.42 Å². The molecule has 0 spiro atoms. The second-order valence-electron chi connectivity index (χ2n) is 4.18. The fourth-order valence-electron chi connectivity index (χ4n) is 1.79. The smallest absolute Gasteiger partial charge is 0.344 e. The Balaban J connectivity index is 3.25. The van der Waals surface area contributed by atoms with Gasteiger partial charge in [-0.1, -0.05) is 6.92 Å². The van der Waals surface area contributed by atoms with Gasteiger partial charge in [0.25, 0.3) is 5.69 Å². The Bertz CT molecular complexity index is 554. The van der Waals surface area contributed by atoms with Gasteiger partial charge in [-0.3, -0.25) is 14.9 Å². The largest absolute Gasteiger partial charge is 0.465 e. The van der Waals surface area contributed by atoms with E-state index in [4.69, 9.17) is 0 Å². The molecule has 1 rings (SSSR count). The van der Waals surface area contributed by atoms with Crippen LogP contribution in [0.1, 0.15) is 35.7 Å². The van der Waals surface area contributed by atoms with Crippen LogP contribution in [0.2, 0.25) is 0 Å². The van der Waals surface area contributed by atoms with Gasteiger partial charge in [-0.2, -0.15) is 0 Å². The van der Waals surface area contributed by atoms with Crippen molar-refractivity contribution in [1.29, 1.82) is 0 Å². The highest BCUT2D eigenvalue weighted by molar-refractivity contribution is 5.98. The fourth-order valence-corrected chi connectivity index (χ4v) is 1.79. The number of hydrogen-bond acceptors (Lipinski definition) is 5. The summed E-state index contributed by atoms with van der Waals surface area (Å²) >= 11 is 0. The van der Waals surface area contributed by atoms with Crippen LogP contribution in [-0.2, 0) is 9.53 Å².